The van der Waals surface area contributed by atoms with Crippen LogP contribution >= 0.6 is 11.6 Å². The summed E-state index contributed by atoms with van der Waals surface area (Å²) in [7, 11) is 0. The second-order valence-corrected chi connectivity index (χ2v) is 4.25. The van der Waals surface area contributed by atoms with Gasteiger partial charge in [0, 0.05) is 6.07 Å². The summed E-state index contributed by atoms with van der Waals surface area (Å²) in [6, 6.07) is 6.63. The van der Waals surface area contributed by atoms with Gasteiger partial charge in [0.05, 0.1) is 10.4 Å². The van der Waals surface area contributed by atoms with Crippen LogP contribution in [-0.2, 0) is 0 Å². The molecule has 0 aliphatic rings. The van der Waals surface area contributed by atoms with Gasteiger partial charge in [-0.2, -0.15) is 0 Å². The van der Waals surface area contributed by atoms with Crippen molar-refractivity contribution < 1.29 is 13.9 Å². The highest BCUT2D eigenvalue weighted by Gasteiger charge is 2.13. The van der Waals surface area contributed by atoms with Crippen LogP contribution in [0.25, 0.3) is 21.9 Å². The number of halogens is 2. The third-order valence-electron chi connectivity index (χ3n) is 2.72. The van der Waals surface area contributed by atoms with E-state index < -0.39 is 11.2 Å². The Morgan fingerprint density at radius 2 is 2.00 bits per heavy atom. The lowest BCUT2D eigenvalue weighted by molar-refractivity contribution is 0.475. The smallest absolute Gasteiger partial charge is 0.203 e. The number of fused-ring (bicyclic) bond motifs is 2. The minimum absolute atomic E-state index is 0.0190. The first-order valence-electron chi connectivity index (χ1n) is 5.11. The van der Waals surface area contributed by atoms with E-state index in [9.17, 15) is 14.3 Å². The third-order valence-corrected chi connectivity index (χ3v) is 3.02. The molecule has 0 bridgehead atoms. The van der Waals surface area contributed by atoms with E-state index in [1.807, 2.05) is 0 Å². The van der Waals surface area contributed by atoms with Crippen molar-refractivity contribution in [1.29, 1.82) is 0 Å². The number of phenols is 1. The van der Waals surface area contributed by atoms with Gasteiger partial charge in [-0.05, 0) is 18.2 Å². The second kappa shape index (κ2) is 3.71. The van der Waals surface area contributed by atoms with E-state index in [0.717, 1.165) is 0 Å². The van der Waals surface area contributed by atoms with Crippen LogP contribution in [0.5, 0.6) is 5.75 Å². The average molecular weight is 265 g/mol. The lowest BCUT2D eigenvalue weighted by atomic mass is 10.1. The summed E-state index contributed by atoms with van der Waals surface area (Å²) >= 11 is 5.73. The average Bonchev–Trinajstić information content (AvgIpc) is 2.32. The highest BCUT2D eigenvalue weighted by molar-refractivity contribution is 6.32. The zero-order valence-electron chi connectivity index (χ0n) is 8.91. The Morgan fingerprint density at radius 1 is 1.22 bits per heavy atom. The largest absolute Gasteiger partial charge is 0.506 e. The fourth-order valence-electron chi connectivity index (χ4n) is 1.87. The Bertz CT molecular complexity index is 839. The predicted octanol–water partition coefficient (Wildman–Crippen LogP) is 3.44. The van der Waals surface area contributed by atoms with E-state index in [1.165, 1.54) is 30.3 Å². The molecule has 0 unspecified atom stereocenters. The highest BCUT2D eigenvalue weighted by Crippen LogP contribution is 2.29. The summed E-state index contributed by atoms with van der Waals surface area (Å²) in [5.41, 5.74) is -0.208. The molecule has 1 heterocycles. The maximum atomic E-state index is 13.6. The summed E-state index contributed by atoms with van der Waals surface area (Å²) in [6.07, 6.45) is 0. The number of rotatable bonds is 0. The number of benzene rings is 2. The van der Waals surface area contributed by atoms with Gasteiger partial charge in [0.2, 0.25) is 5.43 Å². The van der Waals surface area contributed by atoms with Gasteiger partial charge in [-0.3, -0.25) is 4.79 Å². The van der Waals surface area contributed by atoms with Crippen LogP contribution in [0.1, 0.15) is 0 Å². The zero-order valence-corrected chi connectivity index (χ0v) is 9.66. The van der Waals surface area contributed by atoms with Crippen LogP contribution in [0.2, 0.25) is 5.02 Å². The fourth-order valence-corrected chi connectivity index (χ4v) is 2.03. The van der Waals surface area contributed by atoms with E-state index in [0.29, 0.717) is 0 Å². The summed E-state index contributed by atoms with van der Waals surface area (Å²) in [5.74, 6) is -0.838. The monoisotopic (exact) mass is 264 g/mol. The molecule has 0 saturated heterocycles. The van der Waals surface area contributed by atoms with Crippen molar-refractivity contribution in [2.75, 3.05) is 0 Å². The Morgan fingerprint density at radius 3 is 2.78 bits per heavy atom. The van der Waals surface area contributed by atoms with Crippen molar-refractivity contribution in [1.82, 2.24) is 0 Å². The van der Waals surface area contributed by atoms with Crippen molar-refractivity contribution in [2.24, 2.45) is 0 Å². The molecule has 5 heteroatoms. The van der Waals surface area contributed by atoms with Crippen LogP contribution in [0.4, 0.5) is 4.39 Å². The predicted molar refractivity (Wildman–Crippen MR) is 66.6 cm³/mol. The van der Waals surface area contributed by atoms with Crippen molar-refractivity contribution in [3.63, 3.8) is 0 Å². The molecular formula is C13H6ClFO3. The van der Waals surface area contributed by atoms with Gasteiger partial charge in [-0.1, -0.05) is 17.7 Å². The van der Waals surface area contributed by atoms with Gasteiger partial charge in [-0.15, -0.1) is 0 Å². The van der Waals surface area contributed by atoms with Gasteiger partial charge in [0.1, 0.15) is 28.1 Å². The van der Waals surface area contributed by atoms with E-state index >= 15 is 0 Å². The third kappa shape index (κ3) is 1.46. The van der Waals surface area contributed by atoms with E-state index in [1.54, 1.807) is 0 Å². The van der Waals surface area contributed by atoms with Gasteiger partial charge >= 0.3 is 0 Å². The van der Waals surface area contributed by atoms with Crippen LogP contribution < -0.4 is 5.43 Å². The molecule has 90 valence electrons. The molecule has 18 heavy (non-hydrogen) atoms. The Hall–Kier alpha value is -2.07. The SMILES string of the molecule is O=c1c2cc(Cl)c(O)cc2oc2cccc(F)c12. The highest BCUT2D eigenvalue weighted by atomic mass is 35.5. The van der Waals surface area contributed by atoms with Crippen LogP contribution in [0.3, 0.4) is 0 Å². The number of aromatic hydroxyl groups is 1. The van der Waals surface area contributed by atoms with Crippen molar-refractivity contribution in [3.8, 4) is 5.75 Å². The quantitative estimate of drug-likeness (QED) is 0.633. The summed E-state index contributed by atoms with van der Waals surface area (Å²) in [6.45, 7) is 0. The molecule has 0 saturated carbocycles. The molecule has 3 nitrogen and oxygen atoms in total. The molecule has 0 atom stereocenters. The Kier molecular flexibility index (Phi) is 2.28. The van der Waals surface area contributed by atoms with Crippen LogP contribution in [0, 0.1) is 5.82 Å². The molecule has 2 aromatic carbocycles. The van der Waals surface area contributed by atoms with Crippen molar-refractivity contribution in [3.05, 3.63) is 51.4 Å². The fraction of sp³-hybridized carbons (Fsp3) is 0. The van der Waals surface area contributed by atoms with Crippen molar-refractivity contribution in [2.45, 2.75) is 0 Å². The summed E-state index contributed by atoms with van der Waals surface area (Å²) < 4.78 is 19.0. The van der Waals surface area contributed by atoms with E-state index in [4.69, 9.17) is 16.0 Å². The van der Waals surface area contributed by atoms with Gasteiger partial charge in [0.25, 0.3) is 0 Å². The molecular weight excluding hydrogens is 259 g/mol. The van der Waals surface area contributed by atoms with Gasteiger partial charge in [-0.25, -0.2) is 4.39 Å². The topological polar surface area (TPSA) is 50.4 Å². The lowest BCUT2D eigenvalue weighted by Gasteiger charge is -2.03. The van der Waals surface area contributed by atoms with Crippen LogP contribution in [-0.4, -0.2) is 5.11 Å². The molecule has 0 radical (unpaired) electrons. The number of phenolic OH excluding ortho intramolecular Hbond substituents is 1. The molecule has 0 fully saturated rings. The maximum absolute atomic E-state index is 13.6. The molecule has 1 aromatic heterocycles. The number of hydrogen-bond donors (Lipinski definition) is 1. The zero-order chi connectivity index (χ0) is 12.9. The molecule has 0 aliphatic heterocycles. The first-order valence-corrected chi connectivity index (χ1v) is 5.49. The van der Waals surface area contributed by atoms with Gasteiger partial charge in [0.15, 0.2) is 0 Å². The summed E-state index contributed by atoms with van der Waals surface area (Å²) in [4.78, 5) is 12.1. The number of hydrogen-bond acceptors (Lipinski definition) is 3. The lowest BCUT2D eigenvalue weighted by Crippen LogP contribution is -2.04. The maximum Gasteiger partial charge on any atom is 0.203 e. The minimum atomic E-state index is -0.646. The summed E-state index contributed by atoms with van der Waals surface area (Å²) in [5, 5.41) is 9.50. The second-order valence-electron chi connectivity index (χ2n) is 3.84. The molecule has 0 aliphatic carbocycles. The molecule has 1 N–H and O–H groups in total. The van der Waals surface area contributed by atoms with Crippen molar-refractivity contribution >= 4 is 33.5 Å². The molecule has 3 aromatic rings. The first-order chi connectivity index (χ1) is 8.58. The molecule has 3 rings (SSSR count). The van der Waals surface area contributed by atoms with E-state index in [-0.39, 0.29) is 32.7 Å². The Labute approximate surface area is 105 Å². The molecule has 0 amide bonds. The normalized spacial score (nSPS) is 11.2. The standard InChI is InChI=1S/C13H6ClFO3/c14-7-4-6-11(5-9(7)16)18-10-3-1-2-8(15)12(10)13(6)17/h1-5,16H. The molecule has 0 spiro atoms. The van der Waals surface area contributed by atoms with Crippen LogP contribution in [0.15, 0.2) is 39.5 Å². The van der Waals surface area contributed by atoms with Gasteiger partial charge < -0.3 is 9.52 Å². The van der Waals surface area contributed by atoms with E-state index in [2.05, 4.69) is 0 Å². The first kappa shape index (κ1) is 11.0. The minimum Gasteiger partial charge on any atom is -0.506 e. The Balaban J connectivity index is 2.62.